The molecule has 0 bridgehead atoms. The second-order valence-corrected chi connectivity index (χ2v) is 9.46. The van der Waals surface area contributed by atoms with E-state index in [0.29, 0.717) is 12.1 Å². The molecule has 2 aromatic carbocycles. The van der Waals surface area contributed by atoms with Crippen molar-refractivity contribution in [3.8, 4) is 0 Å². The number of nitrogens with one attached hydrogen (secondary N) is 2. The summed E-state index contributed by atoms with van der Waals surface area (Å²) in [6.45, 7) is 0.318. The van der Waals surface area contributed by atoms with Crippen LogP contribution in [0.2, 0.25) is 10.0 Å². The molecule has 0 aliphatic rings. The predicted molar refractivity (Wildman–Crippen MR) is 121 cm³/mol. The minimum atomic E-state index is -3.91. The maximum atomic E-state index is 12.6. The molecule has 164 valence electrons. The summed E-state index contributed by atoms with van der Waals surface area (Å²) in [7, 11) is -0.132. The highest BCUT2D eigenvalue weighted by Crippen LogP contribution is 2.26. The zero-order chi connectivity index (χ0) is 22.6. The van der Waals surface area contributed by atoms with Crippen molar-refractivity contribution in [3.63, 3.8) is 0 Å². The molecule has 31 heavy (non-hydrogen) atoms. The third-order valence-electron chi connectivity index (χ3n) is 4.53. The summed E-state index contributed by atoms with van der Waals surface area (Å²) in [5.74, 6) is 0.391. The van der Waals surface area contributed by atoms with E-state index in [0.717, 1.165) is 5.76 Å². The Hall–Kier alpha value is -2.52. The fraction of sp³-hybridized carbons (Fsp3) is 0.190. The normalized spacial score (nSPS) is 12.5. The van der Waals surface area contributed by atoms with E-state index in [4.69, 9.17) is 27.6 Å². The van der Waals surface area contributed by atoms with Crippen molar-refractivity contribution in [1.29, 1.82) is 0 Å². The SMILES string of the molecule is CN(C)[C@H](CNC(=O)c1cccc(NS(=O)(=O)c2ccc(Cl)c(Cl)c2)c1)c1ccco1. The molecule has 1 atom stereocenters. The lowest BCUT2D eigenvalue weighted by Gasteiger charge is -2.22. The molecule has 10 heteroatoms. The van der Waals surface area contributed by atoms with Gasteiger partial charge in [-0.1, -0.05) is 29.3 Å². The molecule has 0 unspecified atom stereocenters. The van der Waals surface area contributed by atoms with Crippen LogP contribution in [0.4, 0.5) is 5.69 Å². The summed E-state index contributed by atoms with van der Waals surface area (Å²) < 4.78 is 33.2. The lowest BCUT2D eigenvalue weighted by molar-refractivity contribution is 0.0939. The van der Waals surface area contributed by atoms with Gasteiger partial charge in [-0.15, -0.1) is 0 Å². The topological polar surface area (TPSA) is 91.7 Å². The number of carbonyl (C=O) groups is 1. The predicted octanol–water partition coefficient (Wildman–Crippen LogP) is 4.42. The fourth-order valence-electron chi connectivity index (χ4n) is 2.89. The van der Waals surface area contributed by atoms with E-state index in [1.165, 1.54) is 24.3 Å². The number of furan rings is 1. The minimum absolute atomic E-state index is 0.0379. The second kappa shape index (κ2) is 9.74. The number of anilines is 1. The number of hydrogen-bond donors (Lipinski definition) is 2. The first-order valence-electron chi connectivity index (χ1n) is 9.23. The van der Waals surface area contributed by atoms with E-state index in [1.807, 2.05) is 25.1 Å². The number of carbonyl (C=O) groups excluding carboxylic acids is 1. The number of nitrogens with zero attached hydrogens (tertiary/aromatic N) is 1. The summed E-state index contributed by atoms with van der Waals surface area (Å²) in [4.78, 5) is 14.5. The molecule has 0 radical (unpaired) electrons. The Bertz CT molecular complexity index is 1170. The lowest BCUT2D eigenvalue weighted by atomic mass is 10.1. The van der Waals surface area contributed by atoms with Crippen LogP contribution in [0.3, 0.4) is 0 Å². The summed E-state index contributed by atoms with van der Waals surface area (Å²) in [5, 5.41) is 3.24. The monoisotopic (exact) mass is 481 g/mol. The largest absolute Gasteiger partial charge is 0.468 e. The van der Waals surface area contributed by atoms with Gasteiger partial charge in [0, 0.05) is 17.8 Å². The van der Waals surface area contributed by atoms with Crippen LogP contribution < -0.4 is 10.0 Å². The molecule has 3 aromatic rings. The van der Waals surface area contributed by atoms with Crippen LogP contribution in [0.1, 0.15) is 22.2 Å². The van der Waals surface area contributed by atoms with Crippen LogP contribution in [-0.4, -0.2) is 39.9 Å². The molecule has 0 saturated heterocycles. The van der Waals surface area contributed by atoms with Crippen LogP contribution >= 0.6 is 23.2 Å². The van der Waals surface area contributed by atoms with Crippen LogP contribution in [0.15, 0.2) is 70.2 Å². The first-order valence-corrected chi connectivity index (χ1v) is 11.5. The molecule has 1 amide bonds. The number of amides is 1. The highest BCUT2D eigenvalue weighted by molar-refractivity contribution is 7.92. The van der Waals surface area contributed by atoms with Gasteiger partial charge in [0.05, 0.1) is 27.2 Å². The van der Waals surface area contributed by atoms with Crippen molar-refractivity contribution in [2.75, 3.05) is 25.4 Å². The molecule has 2 N–H and O–H groups in total. The van der Waals surface area contributed by atoms with Crippen molar-refractivity contribution in [3.05, 3.63) is 82.2 Å². The molecule has 1 heterocycles. The maximum absolute atomic E-state index is 12.6. The number of halogens is 2. The fourth-order valence-corrected chi connectivity index (χ4v) is 4.33. The molecule has 0 saturated carbocycles. The summed E-state index contributed by atoms with van der Waals surface area (Å²) in [5.41, 5.74) is 0.556. The van der Waals surface area contributed by atoms with Crippen molar-refractivity contribution in [2.45, 2.75) is 10.9 Å². The van der Waals surface area contributed by atoms with Crippen LogP contribution in [0.25, 0.3) is 0 Å². The van der Waals surface area contributed by atoms with Gasteiger partial charge in [-0.3, -0.25) is 14.4 Å². The number of sulfonamides is 1. The van der Waals surface area contributed by atoms with E-state index in [9.17, 15) is 13.2 Å². The number of rotatable bonds is 8. The first kappa shape index (κ1) is 23.1. The van der Waals surface area contributed by atoms with Gasteiger partial charge >= 0.3 is 0 Å². The Labute approximate surface area is 191 Å². The van der Waals surface area contributed by atoms with E-state index in [-0.39, 0.29) is 32.6 Å². The van der Waals surface area contributed by atoms with Crippen molar-refractivity contribution in [2.24, 2.45) is 0 Å². The molecular weight excluding hydrogens is 461 g/mol. The maximum Gasteiger partial charge on any atom is 0.261 e. The molecule has 7 nitrogen and oxygen atoms in total. The van der Waals surface area contributed by atoms with E-state index in [1.54, 1.807) is 30.5 Å². The Morgan fingerprint density at radius 2 is 1.84 bits per heavy atom. The first-order chi connectivity index (χ1) is 14.7. The summed E-state index contributed by atoms with van der Waals surface area (Å²) in [6, 6.07) is 13.7. The Morgan fingerprint density at radius 1 is 1.06 bits per heavy atom. The van der Waals surface area contributed by atoms with Crippen molar-refractivity contribution < 1.29 is 17.6 Å². The van der Waals surface area contributed by atoms with Crippen molar-refractivity contribution in [1.82, 2.24) is 10.2 Å². The van der Waals surface area contributed by atoms with Gasteiger partial charge < -0.3 is 9.73 Å². The average Bonchev–Trinajstić information content (AvgIpc) is 3.24. The molecule has 3 rings (SSSR count). The second-order valence-electron chi connectivity index (χ2n) is 6.97. The van der Waals surface area contributed by atoms with Gasteiger partial charge in [0.15, 0.2) is 0 Å². The summed E-state index contributed by atoms with van der Waals surface area (Å²) in [6.07, 6.45) is 1.58. The highest BCUT2D eigenvalue weighted by atomic mass is 35.5. The van der Waals surface area contributed by atoms with E-state index in [2.05, 4.69) is 10.0 Å². The van der Waals surface area contributed by atoms with Gasteiger partial charge in [-0.2, -0.15) is 0 Å². The highest BCUT2D eigenvalue weighted by Gasteiger charge is 2.19. The van der Waals surface area contributed by atoms with Gasteiger partial charge in [-0.05, 0) is 62.6 Å². The van der Waals surface area contributed by atoms with Crippen LogP contribution in [0.5, 0.6) is 0 Å². The van der Waals surface area contributed by atoms with E-state index < -0.39 is 10.0 Å². The Morgan fingerprint density at radius 3 is 2.48 bits per heavy atom. The molecular formula is C21H21Cl2N3O4S. The van der Waals surface area contributed by atoms with Gasteiger partial charge in [0.1, 0.15) is 5.76 Å². The number of benzene rings is 2. The number of hydrogen-bond acceptors (Lipinski definition) is 5. The van der Waals surface area contributed by atoms with Crippen molar-refractivity contribution >= 4 is 44.8 Å². The molecule has 0 aliphatic carbocycles. The van der Waals surface area contributed by atoms with E-state index >= 15 is 0 Å². The molecule has 0 fully saturated rings. The lowest BCUT2D eigenvalue weighted by Crippen LogP contribution is -2.34. The third-order valence-corrected chi connectivity index (χ3v) is 6.65. The zero-order valence-electron chi connectivity index (χ0n) is 16.8. The molecule has 1 aromatic heterocycles. The molecule has 0 spiro atoms. The quantitative estimate of drug-likeness (QED) is 0.496. The van der Waals surface area contributed by atoms with Gasteiger partial charge in [0.2, 0.25) is 0 Å². The third kappa shape index (κ3) is 5.80. The smallest absolute Gasteiger partial charge is 0.261 e. The Balaban J connectivity index is 1.72. The van der Waals surface area contributed by atoms with Gasteiger partial charge in [-0.25, -0.2) is 8.42 Å². The summed E-state index contributed by atoms with van der Waals surface area (Å²) >= 11 is 11.8. The number of likely N-dealkylation sites (N-methyl/N-ethyl adjacent to an activating group) is 1. The average molecular weight is 482 g/mol. The minimum Gasteiger partial charge on any atom is -0.468 e. The van der Waals surface area contributed by atoms with Crippen LogP contribution in [-0.2, 0) is 10.0 Å². The zero-order valence-corrected chi connectivity index (χ0v) is 19.1. The Kier molecular flexibility index (Phi) is 7.27. The standard InChI is InChI=1S/C21H21Cl2N3O4S/c1-26(2)19(20-7-4-10-30-20)13-24-21(27)14-5-3-6-15(11-14)25-31(28,29)16-8-9-17(22)18(23)12-16/h3-12,19,25H,13H2,1-2H3,(H,24,27)/t19-/m1/s1. The van der Waals surface area contributed by atoms with Gasteiger partial charge in [0.25, 0.3) is 15.9 Å². The van der Waals surface area contributed by atoms with Crippen LogP contribution in [0, 0.1) is 0 Å². The molecule has 0 aliphatic heterocycles.